The summed E-state index contributed by atoms with van der Waals surface area (Å²) >= 11 is 0. The van der Waals surface area contributed by atoms with Gasteiger partial charge in [-0.15, -0.1) is 0 Å². The molecule has 34 heavy (non-hydrogen) atoms. The second-order valence-electron chi connectivity index (χ2n) is 7.85. The number of nitrogens with one attached hydrogen (secondary N) is 1. The Morgan fingerprint density at radius 2 is 1.74 bits per heavy atom. The van der Waals surface area contributed by atoms with Crippen LogP contribution in [0.2, 0.25) is 0 Å². The first-order chi connectivity index (χ1) is 16.5. The lowest BCUT2D eigenvalue weighted by Gasteiger charge is -2.23. The number of anilines is 1. The van der Waals surface area contributed by atoms with Crippen molar-refractivity contribution in [3.8, 4) is 11.5 Å². The molecule has 1 aliphatic rings. The summed E-state index contributed by atoms with van der Waals surface area (Å²) < 4.78 is 29.2. The van der Waals surface area contributed by atoms with Crippen LogP contribution in [-0.4, -0.2) is 32.3 Å². The molecule has 0 atom stereocenters. The summed E-state index contributed by atoms with van der Waals surface area (Å²) in [5, 5.41) is 2.90. The zero-order chi connectivity index (χ0) is 23.9. The summed E-state index contributed by atoms with van der Waals surface area (Å²) in [5.74, 6) is 0.635. The van der Waals surface area contributed by atoms with Crippen molar-refractivity contribution >= 4 is 17.5 Å². The Morgan fingerprint density at radius 1 is 0.971 bits per heavy atom. The summed E-state index contributed by atoms with van der Waals surface area (Å²) in [6.45, 7) is 0.688. The van der Waals surface area contributed by atoms with E-state index in [1.54, 1.807) is 36.4 Å². The first-order valence-electron chi connectivity index (χ1n) is 10.8. The maximum Gasteiger partial charge on any atom is 0.253 e. The molecule has 1 heterocycles. The lowest BCUT2D eigenvalue weighted by atomic mass is 10.1. The number of halogens is 1. The van der Waals surface area contributed by atoms with Gasteiger partial charge >= 0.3 is 0 Å². The molecule has 0 radical (unpaired) electrons. The SMILES string of the molecule is COCC(=O)N(Cc1cccc(F)c1)c1ccc(CC(=O)NCc2ccc3c(c2)OCO3)cc1. The normalized spacial score (nSPS) is 11.8. The Bertz CT molecular complexity index is 1170. The van der Waals surface area contributed by atoms with Gasteiger partial charge in [0.15, 0.2) is 11.5 Å². The number of benzene rings is 3. The van der Waals surface area contributed by atoms with Crippen molar-refractivity contribution in [3.05, 3.63) is 89.2 Å². The van der Waals surface area contributed by atoms with Crippen LogP contribution in [0.1, 0.15) is 16.7 Å². The van der Waals surface area contributed by atoms with Gasteiger partial charge in [0.05, 0.1) is 13.0 Å². The summed E-state index contributed by atoms with van der Waals surface area (Å²) in [5.41, 5.74) is 3.02. The highest BCUT2D eigenvalue weighted by Gasteiger charge is 2.17. The topological polar surface area (TPSA) is 77.1 Å². The second kappa shape index (κ2) is 10.8. The van der Waals surface area contributed by atoms with E-state index in [1.807, 2.05) is 18.2 Å². The van der Waals surface area contributed by atoms with Crippen molar-refractivity contribution < 1.29 is 28.2 Å². The number of nitrogens with zero attached hydrogens (tertiary/aromatic N) is 1. The number of methoxy groups -OCH3 is 1. The van der Waals surface area contributed by atoms with Gasteiger partial charge in [0, 0.05) is 19.3 Å². The molecular formula is C26H25FN2O5. The predicted molar refractivity (Wildman–Crippen MR) is 124 cm³/mol. The van der Waals surface area contributed by atoms with Crippen molar-refractivity contribution in [1.29, 1.82) is 0 Å². The molecular weight excluding hydrogens is 439 g/mol. The molecule has 0 saturated heterocycles. The highest BCUT2D eigenvalue weighted by Crippen LogP contribution is 2.32. The van der Waals surface area contributed by atoms with Crippen molar-refractivity contribution in [2.75, 3.05) is 25.4 Å². The molecule has 0 saturated carbocycles. The molecule has 0 spiro atoms. The lowest BCUT2D eigenvalue weighted by Crippen LogP contribution is -2.33. The van der Waals surface area contributed by atoms with Crippen LogP contribution in [0.4, 0.5) is 10.1 Å². The number of hydrogen-bond acceptors (Lipinski definition) is 5. The van der Waals surface area contributed by atoms with Gasteiger partial charge in [-0.2, -0.15) is 0 Å². The van der Waals surface area contributed by atoms with Crippen LogP contribution in [0.15, 0.2) is 66.7 Å². The molecule has 0 bridgehead atoms. The summed E-state index contributed by atoms with van der Waals surface area (Å²) in [7, 11) is 1.45. The lowest BCUT2D eigenvalue weighted by molar-refractivity contribution is -0.122. The van der Waals surface area contributed by atoms with Crippen molar-refractivity contribution in [1.82, 2.24) is 5.32 Å². The maximum atomic E-state index is 13.6. The first kappa shape index (κ1) is 23.3. The fourth-order valence-electron chi connectivity index (χ4n) is 3.64. The van der Waals surface area contributed by atoms with E-state index in [9.17, 15) is 14.0 Å². The van der Waals surface area contributed by atoms with E-state index < -0.39 is 0 Å². The Labute approximate surface area is 197 Å². The van der Waals surface area contributed by atoms with Crippen molar-refractivity contribution in [3.63, 3.8) is 0 Å². The van der Waals surface area contributed by atoms with Gasteiger partial charge in [0.1, 0.15) is 12.4 Å². The van der Waals surface area contributed by atoms with Gasteiger partial charge in [-0.3, -0.25) is 9.59 Å². The monoisotopic (exact) mass is 464 g/mol. The van der Waals surface area contributed by atoms with Crippen LogP contribution in [0.3, 0.4) is 0 Å². The Kier molecular flexibility index (Phi) is 7.39. The van der Waals surface area contributed by atoms with E-state index >= 15 is 0 Å². The van der Waals surface area contributed by atoms with E-state index in [4.69, 9.17) is 14.2 Å². The average Bonchev–Trinajstić information content (AvgIpc) is 3.30. The zero-order valence-electron chi connectivity index (χ0n) is 18.8. The summed E-state index contributed by atoms with van der Waals surface area (Å²) in [6, 6.07) is 18.8. The second-order valence-corrected chi connectivity index (χ2v) is 7.85. The number of hydrogen-bond donors (Lipinski definition) is 1. The van der Waals surface area contributed by atoms with E-state index in [0.29, 0.717) is 29.3 Å². The molecule has 0 fully saturated rings. The zero-order valence-corrected chi connectivity index (χ0v) is 18.8. The van der Waals surface area contributed by atoms with Gasteiger partial charge in [-0.25, -0.2) is 4.39 Å². The number of rotatable bonds is 9. The van der Waals surface area contributed by atoms with Crippen LogP contribution >= 0.6 is 0 Å². The van der Waals surface area contributed by atoms with Crippen LogP contribution in [0, 0.1) is 5.82 Å². The molecule has 8 heteroatoms. The number of carbonyl (C=O) groups excluding carboxylic acids is 2. The molecule has 0 aliphatic carbocycles. The van der Waals surface area contributed by atoms with Crippen LogP contribution < -0.4 is 19.7 Å². The van der Waals surface area contributed by atoms with Gasteiger partial charge in [-0.1, -0.05) is 30.3 Å². The molecule has 0 aromatic heterocycles. The van der Waals surface area contributed by atoms with Crippen molar-refractivity contribution in [2.24, 2.45) is 0 Å². The van der Waals surface area contributed by atoms with Crippen LogP contribution in [0.5, 0.6) is 11.5 Å². The average molecular weight is 464 g/mol. The minimum Gasteiger partial charge on any atom is -0.454 e. The maximum absolute atomic E-state index is 13.6. The van der Waals surface area contributed by atoms with Gasteiger partial charge < -0.3 is 24.4 Å². The smallest absolute Gasteiger partial charge is 0.253 e. The van der Waals surface area contributed by atoms with Gasteiger partial charge in [-0.05, 0) is 53.1 Å². The van der Waals surface area contributed by atoms with Crippen LogP contribution in [-0.2, 0) is 33.8 Å². The highest BCUT2D eigenvalue weighted by molar-refractivity contribution is 5.94. The van der Waals surface area contributed by atoms with E-state index in [-0.39, 0.29) is 44.0 Å². The third-order valence-electron chi connectivity index (χ3n) is 5.34. The Hall–Kier alpha value is -3.91. The van der Waals surface area contributed by atoms with Gasteiger partial charge in [0.2, 0.25) is 12.7 Å². The van der Waals surface area contributed by atoms with Gasteiger partial charge in [0.25, 0.3) is 5.91 Å². The minimum absolute atomic E-state index is 0.0979. The van der Waals surface area contributed by atoms with E-state index in [2.05, 4.69) is 5.32 Å². The van der Waals surface area contributed by atoms with E-state index in [1.165, 1.54) is 24.1 Å². The molecule has 0 unspecified atom stereocenters. The molecule has 3 aromatic carbocycles. The van der Waals surface area contributed by atoms with E-state index in [0.717, 1.165) is 11.1 Å². The standard InChI is InChI=1S/C26H25FN2O5/c1-32-16-26(31)29(15-20-3-2-4-21(27)11-20)22-8-5-18(6-9-22)13-25(30)28-14-19-7-10-23-24(12-19)34-17-33-23/h2-12H,13-17H2,1H3,(H,28,30). The Balaban J connectivity index is 1.37. The number of amides is 2. The summed E-state index contributed by atoms with van der Waals surface area (Å²) in [6.07, 6.45) is 0.195. The fourth-order valence-corrected chi connectivity index (χ4v) is 3.64. The molecule has 1 aliphatic heterocycles. The summed E-state index contributed by atoms with van der Waals surface area (Å²) in [4.78, 5) is 26.6. The molecule has 176 valence electrons. The Morgan fingerprint density at radius 3 is 2.50 bits per heavy atom. The molecule has 1 N–H and O–H groups in total. The number of fused-ring (bicyclic) bond motifs is 1. The highest BCUT2D eigenvalue weighted by atomic mass is 19.1. The third kappa shape index (κ3) is 5.90. The largest absolute Gasteiger partial charge is 0.454 e. The first-order valence-corrected chi connectivity index (χ1v) is 10.8. The molecule has 2 amide bonds. The fraction of sp³-hybridized carbons (Fsp3) is 0.231. The predicted octanol–water partition coefficient (Wildman–Crippen LogP) is 3.59. The molecule has 3 aromatic rings. The molecule has 7 nitrogen and oxygen atoms in total. The number of ether oxygens (including phenoxy) is 3. The van der Waals surface area contributed by atoms with Crippen molar-refractivity contribution in [2.45, 2.75) is 19.5 Å². The van der Waals surface area contributed by atoms with Crippen LogP contribution in [0.25, 0.3) is 0 Å². The number of carbonyl (C=O) groups is 2. The third-order valence-corrected chi connectivity index (χ3v) is 5.34. The quantitative estimate of drug-likeness (QED) is 0.524. The molecule has 4 rings (SSSR count). The minimum atomic E-state index is -0.362.